The largest absolute Gasteiger partial charge is 0.298 e. The number of hydrogen-bond acceptors (Lipinski definition) is 3. The summed E-state index contributed by atoms with van der Waals surface area (Å²) in [5.41, 5.74) is 0. The highest BCUT2D eigenvalue weighted by molar-refractivity contribution is 9.10. The third-order valence-electron chi connectivity index (χ3n) is 2.65. The fourth-order valence-electron chi connectivity index (χ4n) is 1.79. The van der Waals surface area contributed by atoms with Gasteiger partial charge in [0.2, 0.25) is 10.0 Å². The zero-order chi connectivity index (χ0) is 12.5. The smallest absolute Gasteiger partial charge is 0.243 e. The Bertz CT molecular complexity index is 541. The number of halogens is 1. The Balaban J connectivity index is 2.33. The Hall–Kier alpha value is -0.720. The summed E-state index contributed by atoms with van der Waals surface area (Å²) >= 11 is 3.24. The minimum atomic E-state index is -3.53. The summed E-state index contributed by atoms with van der Waals surface area (Å²) in [5.74, 6) is -0.0187. The van der Waals surface area contributed by atoms with Crippen molar-refractivity contribution in [3.63, 3.8) is 0 Å². The highest BCUT2D eigenvalue weighted by atomic mass is 79.9. The molecule has 0 atom stereocenters. The van der Waals surface area contributed by atoms with E-state index in [9.17, 15) is 13.2 Å². The average molecular weight is 318 g/mol. The maximum atomic E-state index is 12.2. The lowest BCUT2D eigenvalue weighted by atomic mass is 10.1. The minimum absolute atomic E-state index is 0.00511. The molecule has 0 N–H and O–H groups in total. The molecule has 1 aliphatic rings. The third kappa shape index (κ3) is 2.75. The summed E-state index contributed by atoms with van der Waals surface area (Å²) in [7, 11) is -3.53. The Morgan fingerprint density at radius 3 is 2.71 bits per heavy atom. The number of sulfonamides is 1. The molecule has 17 heavy (non-hydrogen) atoms. The van der Waals surface area contributed by atoms with Crippen LogP contribution in [0.1, 0.15) is 12.8 Å². The van der Waals surface area contributed by atoms with Gasteiger partial charge in [-0.3, -0.25) is 4.79 Å². The van der Waals surface area contributed by atoms with Crippen molar-refractivity contribution in [2.24, 2.45) is 0 Å². The SMILES string of the molecule is O=C1CCCN(S(=O)(=O)c2cccc(Br)c2)C1. The molecule has 2 rings (SSSR count). The summed E-state index contributed by atoms with van der Waals surface area (Å²) in [4.78, 5) is 11.5. The van der Waals surface area contributed by atoms with E-state index in [1.165, 1.54) is 4.31 Å². The van der Waals surface area contributed by atoms with Gasteiger partial charge in [-0.15, -0.1) is 0 Å². The van der Waals surface area contributed by atoms with Gasteiger partial charge in [0.1, 0.15) is 5.78 Å². The predicted molar refractivity (Wildman–Crippen MR) is 67.1 cm³/mol. The molecule has 1 aromatic carbocycles. The van der Waals surface area contributed by atoms with Gasteiger partial charge in [0.25, 0.3) is 0 Å². The van der Waals surface area contributed by atoms with E-state index < -0.39 is 10.0 Å². The highest BCUT2D eigenvalue weighted by Crippen LogP contribution is 2.22. The van der Waals surface area contributed by atoms with E-state index in [1.807, 2.05) is 0 Å². The molecular weight excluding hydrogens is 306 g/mol. The molecule has 0 radical (unpaired) electrons. The fraction of sp³-hybridized carbons (Fsp3) is 0.364. The number of ketones is 1. The maximum absolute atomic E-state index is 12.2. The van der Waals surface area contributed by atoms with Gasteiger partial charge < -0.3 is 0 Å². The van der Waals surface area contributed by atoms with Crippen LogP contribution in [0, 0.1) is 0 Å². The Morgan fingerprint density at radius 1 is 1.29 bits per heavy atom. The van der Waals surface area contributed by atoms with Crippen molar-refractivity contribution in [2.45, 2.75) is 17.7 Å². The lowest BCUT2D eigenvalue weighted by molar-refractivity contribution is -0.120. The lowest BCUT2D eigenvalue weighted by Gasteiger charge is -2.25. The van der Waals surface area contributed by atoms with E-state index in [-0.39, 0.29) is 17.2 Å². The predicted octanol–water partition coefficient (Wildman–Crippen LogP) is 1.80. The summed E-state index contributed by atoms with van der Waals surface area (Å²) in [6, 6.07) is 6.52. The number of nitrogens with zero attached hydrogens (tertiary/aromatic N) is 1. The van der Waals surface area contributed by atoms with Crippen LogP contribution >= 0.6 is 15.9 Å². The monoisotopic (exact) mass is 317 g/mol. The summed E-state index contributed by atoms with van der Waals surface area (Å²) < 4.78 is 26.4. The van der Waals surface area contributed by atoms with E-state index in [4.69, 9.17) is 0 Å². The van der Waals surface area contributed by atoms with Gasteiger partial charge in [0.15, 0.2) is 0 Å². The molecule has 0 saturated carbocycles. The van der Waals surface area contributed by atoms with E-state index in [0.717, 1.165) is 0 Å². The first-order valence-corrected chi connectivity index (χ1v) is 7.51. The quantitative estimate of drug-likeness (QED) is 0.835. The van der Waals surface area contributed by atoms with Gasteiger partial charge in [0.05, 0.1) is 11.4 Å². The van der Waals surface area contributed by atoms with E-state index in [1.54, 1.807) is 24.3 Å². The van der Waals surface area contributed by atoms with Crippen LogP contribution in [-0.4, -0.2) is 31.6 Å². The number of hydrogen-bond donors (Lipinski definition) is 0. The normalized spacial score (nSPS) is 18.3. The summed E-state index contributed by atoms with van der Waals surface area (Å²) in [6.07, 6.45) is 1.08. The van der Waals surface area contributed by atoms with Gasteiger partial charge in [-0.1, -0.05) is 22.0 Å². The van der Waals surface area contributed by atoms with E-state index >= 15 is 0 Å². The van der Waals surface area contributed by atoms with Crippen LogP contribution in [0.25, 0.3) is 0 Å². The minimum Gasteiger partial charge on any atom is -0.298 e. The summed E-state index contributed by atoms with van der Waals surface area (Å²) in [6.45, 7) is 0.412. The molecule has 4 nitrogen and oxygen atoms in total. The molecule has 1 aliphatic heterocycles. The van der Waals surface area contributed by atoms with Gasteiger partial charge in [-0.2, -0.15) is 4.31 Å². The number of benzene rings is 1. The number of carbonyl (C=O) groups excluding carboxylic acids is 1. The third-order valence-corrected chi connectivity index (χ3v) is 4.98. The molecule has 0 unspecified atom stereocenters. The van der Waals surface area contributed by atoms with Crippen LogP contribution < -0.4 is 0 Å². The average Bonchev–Trinajstić information content (AvgIpc) is 2.29. The molecule has 0 spiro atoms. The molecule has 0 amide bonds. The molecule has 0 aliphatic carbocycles. The molecule has 1 heterocycles. The van der Waals surface area contributed by atoms with Crippen LogP contribution in [-0.2, 0) is 14.8 Å². The van der Waals surface area contributed by atoms with Crippen LogP contribution in [0.2, 0.25) is 0 Å². The van der Waals surface area contributed by atoms with Crippen molar-refractivity contribution >= 4 is 31.7 Å². The van der Waals surface area contributed by atoms with Crippen LogP contribution in [0.4, 0.5) is 0 Å². The first kappa shape index (κ1) is 12.7. The van der Waals surface area contributed by atoms with Crippen molar-refractivity contribution in [3.8, 4) is 0 Å². The van der Waals surface area contributed by atoms with E-state index in [0.29, 0.717) is 23.9 Å². The molecule has 1 fully saturated rings. The topological polar surface area (TPSA) is 54.5 Å². The van der Waals surface area contributed by atoms with Crippen molar-refractivity contribution in [1.82, 2.24) is 4.31 Å². The second-order valence-electron chi connectivity index (χ2n) is 3.94. The Morgan fingerprint density at radius 2 is 2.06 bits per heavy atom. The highest BCUT2D eigenvalue weighted by Gasteiger charge is 2.29. The molecule has 1 aromatic rings. The lowest BCUT2D eigenvalue weighted by Crippen LogP contribution is -2.40. The molecule has 1 saturated heterocycles. The van der Waals surface area contributed by atoms with Crippen molar-refractivity contribution in [3.05, 3.63) is 28.7 Å². The summed E-state index contributed by atoms with van der Waals surface area (Å²) in [5, 5.41) is 0. The van der Waals surface area contributed by atoms with Gasteiger partial charge >= 0.3 is 0 Å². The number of Topliss-reactive ketones (excluding diaryl/α,β-unsaturated/α-hetero) is 1. The van der Waals surface area contributed by atoms with E-state index in [2.05, 4.69) is 15.9 Å². The standard InChI is InChI=1S/C11H12BrNO3S/c12-9-3-1-5-11(7-9)17(15,16)13-6-2-4-10(14)8-13/h1,3,5,7H,2,4,6,8H2. The maximum Gasteiger partial charge on any atom is 0.243 e. The Kier molecular flexibility index (Phi) is 3.65. The van der Waals surface area contributed by atoms with Crippen LogP contribution in [0.5, 0.6) is 0 Å². The first-order valence-electron chi connectivity index (χ1n) is 5.27. The van der Waals surface area contributed by atoms with Gasteiger partial charge in [-0.05, 0) is 24.6 Å². The van der Waals surface area contributed by atoms with Crippen molar-refractivity contribution in [2.75, 3.05) is 13.1 Å². The number of carbonyl (C=O) groups is 1. The Labute approximate surface area is 109 Å². The van der Waals surface area contributed by atoms with Crippen molar-refractivity contribution in [1.29, 1.82) is 0 Å². The molecule has 92 valence electrons. The van der Waals surface area contributed by atoms with Gasteiger partial charge in [-0.25, -0.2) is 8.42 Å². The van der Waals surface area contributed by atoms with Crippen LogP contribution in [0.15, 0.2) is 33.6 Å². The molecule has 6 heteroatoms. The first-order chi connectivity index (χ1) is 8.00. The fourth-order valence-corrected chi connectivity index (χ4v) is 3.85. The second-order valence-corrected chi connectivity index (χ2v) is 6.79. The molecular formula is C11H12BrNO3S. The zero-order valence-electron chi connectivity index (χ0n) is 9.10. The van der Waals surface area contributed by atoms with Crippen LogP contribution in [0.3, 0.4) is 0 Å². The van der Waals surface area contributed by atoms with Crippen molar-refractivity contribution < 1.29 is 13.2 Å². The second kappa shape index (κ2) is 4.88. The van der Waals surface area contributed by atoms with Gasteiger partial charge in [0, 0.05) is 17.4 Å². The number of rotatable bonds is 2. The molecule has 0 aromatic heterocycles. The molecule has 0 bridgehead atoms. The number of piperidine rings is 1. The zero-order valence-corrected chi connectivity index (χ0v) is 11.5.